The summed E-state index contributed by atoms with van der Waals surface area (Å²) in [5.74, 6) is 0. The average molecular weight is 531 g/mol. The van der Waals surface area contributed by atoms with Crippen LogP contribution >= 0.6 is 0 Å². The minimum atomic E-state index is -0.868. The van der Waals surface area contributed by atoms with Gasteiger partial charge in [-0.3, -0.25) is 10.4 Å². The highest BCUT2D eigenvalue weighted by atomic mass is 16.6. The predicted octanol–water partition coefficient (Wildman–Crippen LogP) is 5.71. The molecule has 0 radical (unpaired) electrons. The topological polar surface area (TPSA) is 101 Å². The van der Waals surface area contributed by atoms with Crippen LogP contribution in [0.3, 0.4) is 0 Å². The molecule has 7 nitrogen and oxygen atoms in total. The number of aliphatic hydroxyl groups is 1. The Morgan fingerprint density at radius 1 is 1.28 bits per heavy atom. The van der Waals surface area contributed by atoms with Crippen molar-refractivity contribution in [2.45, 2.75) is 58.2 Å². The van der Waals surface area contributed by atoms with Gasteiger partial charge in [0.2, 0.25) is 0 Å². The van der Waals surface area contributed by atoms with Crippen LogP contribution < -0.4 is 11.2 Å². The molecule has 2 aromatic rings. The van der Waals surface area contributed by atoms with Gasteiger partial charge in [0.25, 0.3) is 0 Å². The largest absolute Gasteiger partial charge is 0.448 e. The lowest BCUT2D eigenvalue weighted by Gasteiger charge is -2.30. The molecule has 3 rings (SSSR count). The number of amides is 1. The predicted molar refractivity (Wildman–Crippen MR) is 157 cm³/mol. The number of ether oxygens (including phenoxy) is 1. The van der Waals surface area contributed by atoms with Crippen molar-refractivity contribution in [3.63, 3.8) is 0 Å². The summed E-state index contributed by atoms with van der Waals surface area (Å²) < 4.78 is 5.58. The number of nitrogens with two attached hydrogens (primary N) is 1. The lowest BCUT2D eigenvalue weighted by Crippen LogP contribution is -2.50. The minimum Gasteiger partial charge on any atom is -0.448 e. The number of pyridine rings is 1. The monoisotopic (exact) mass is 530 g/mol. The first-order valence-corrected chi connectivity index (χ1v) is 13.6. The zero-order valence-electron chi connectivity index (χ0n) is 23.1. The highest BCUT2D eigenvalue weighted by Crippen LogP contribution is 2.27. The molecule has 4 N–H and O–H groups in total. The summed E-state index contributed by atoms with van der Waals surface area (Å²) in [6, 6.07) is 13.3. The van der Waals surface area contributed by atoms with Gasteiger partial charge in [0.1, 0.15) is 6.61 Å². The molecule has 7 heteroatoms. The summed E-state index contributed by atoms with van der Waals surface area (Å²) in [7, 11) is 0. The molecule has 0 bridgehead atoms. The van der Waals surface area contributed by atoms with Crippen molar-refractivity contribution in [1.82, 2.24) is 15.4 Å². The lowest BCUT2D eigenvalue weighted by atomic mass is 9.85. The smallest absolute Gasteiger partial charge is 0.421 e. The highest BCUT2D eigenvalue weighted by molar-refractivity contribution is 5.66. The first-order chi connectivity index (χ1) is 18.8. The number of hydrazine groups is 1. The molecule has 0 fully saturated rings. The first kappa shape index (κ1) is 30.0. The number of benzene rings is 1. The zero-order valence-corrected chi connectivity index (χ0v) is 23.1. The number of carbonyl (C=O) groups is 1. The van der Waals surface area contributed by atoms with Gasteiger partial charge in [-0.1, -0.05) is 99.2 Å². The van der Waals surface area contributed by atoms with E-state index in [1.165, 1.54) is 0 Å². The second-order valence-electron chi connectivity index (χ2n) is 10.4. The van der Waals surface area contributed by atoms with E-state index in [0.717, 1.165) is 41.7 Å². The molecule has 0 saturated heterocycles. The maximum Gasteiger partial charge on any atom is 0.421 e. The maximum absolute atomic E-state index is 12.8. The quantitative estimate of drug-likeness (QED) is 0.214. The number of hydrogen-bond acceptors (Lipinski definition) is 6. The van der Waals surface area contributed by atoms with Crippen molar-refractivity contribution >= 4 is 6.09 Å². The van der Waals surface area contributed by atoms with E-state index in [-0.39, 0.29) is 18.6 Å². The molecule has 0 aliphatic heterocycles. The summed E-state index contributed by atoms with van der Waals surface area (Å²) >= 11 is 0. The molecular weight excluding hydrogens is 488 g/mol. The minimum absolute atomic E-state index is 0.145. The van der Waals surface area contributed by atoms with E-state index >= 15 is 0 Å². The van der Waals surface area contributed by atoms with Crippen LogP contribution in [0.1, 0.15) is 45.1 Å². The van der Waals surface area contributed by atoms with E-state index in [9.17, 15) is 9.90 Å². The van der Waals surface area contributed by atoms with Crippen LogP contribution in [0, 0.1) is 5.41 Å². The van der Waals surface area contributed by atoms with Gasteiger partial charge in [-0.05, 0) is 37.0 Å². The van der Waals surface area contributed by atoms with E-state index in [1.807, 2.05) is 60.7 Å². The molecule has 1 aromatic carbocycles. The molecule has 208 valence electrons. The number of nitrogens with one attached hydrogen (secondary N) is 1. The zero-order chi connectivity index (χ0) is 28.1. The van der Waals surface area contributed by atoms with Gasteiger partial charge >= 0.3 is 6.09 Å². The third-order valence-corrected chi connectivity index (χ3v) is 6.72. The Morgan fingerprint density at radius 3 is 2.72 bits per heavy atom. The van der Waals surface area contributed by atoms with Crippen molar-refractivity contribution in [1.29, 1.82) is 0 Å². The standard InChI is InChI=1S/C32H42N4O3/c1-4-11-25(12-5-2)21-28(33)30(37)23-36(35-31(38)39-24-32(3)18-8-6-9-19-32)22-26-14-16-27(17-15-26)29-13-7-10-20-34-29/h4,6-11,13-18,20,28,30,37H,1,5,12,19,21-24,33H2,2-3H3,(H,35,38)/b25-11+. The highest BCUT2D eigenvalue weighted by Gasteiger charge is 2.25. The van der Waals surface area contributed by atoms with E-state index in [4.69, 9.17) is 10.5 Å². The Morgan fingerprint density at radius 2 is 2.08 bits per heavy atom. The van der Waals surface area contributed by atoms with Gasteiger partial charge in [0, 0.05) is 36.3 Å². The number of rotatable bonds is 14. The molecule has 1 heterocycles. The van der Waals surface area contributed by atoms with Crippen molar-refractivity contribution in [2.24, 2.45) is 11.1 Å². The van der Waals surface area contributed by atoms with Crippen LogP contribution in [-0.2, 0) is 11.3 Å². The van der Waals surface area contributed by atoms with Crippen molar-refractivity contribution in [3.8, 4) is 11.3 Å². The molecule has 1 aliphatic rings. The van der Waals surface area contributed by atoms with Crippen LogP contribution in [-0.4, -0.2) is 46.5 Å². The third kappa shape index (κ3) is 9.94. The van der Waals surface area contributed by atoms with E-state index in [1.54, 1.807) is 17.3 Å². The number of aliphatic hydroxyl groups excluding tert-OH is 1. The Labute approximate surface area is 232 Å². The Bertz CT molecular complexity index is 1140. The first-order valence-electron chi connectivity index (χ1n) is 13.6. The van der Waals surface area contributed by atoms with Crippen molar-refractivity contribution in [3.05, 3.63) is 103 Å². The number of allylic oxidation sites excluding steroid dienone is 5. The van der Waals surface area contributed by atoms with Crippen LogP contribution in [0.2, 0.25) is 0 Å². The van der Waals surface area contributed by atoms with Gasteiger partial charge in [-0.25, -0.2) is 9.80 Å². The second kappa shape index (κ2) is 15.2. The van der Waals surface area contributed by atoms with Gasteiger partial charge in [0.05, 0.1) is 11.8 Å². The fourth-order valence-corrected chi connectivity index (χ4v) is 4.50. The molecule has 1 amide bonds. The molecule has 3 atom stereocenters. The van der Waals surface area contributed by atoms with Gasteiger partial charge in [0.15, 0.2) is 0 Å². The number of hydrogen-bond donors (Lipinski definition) is 3. The van der Waals surface area contributed by atoms with Gasteiger partial charge in [-0.15, -0.1) is 0 Å². The lowest BCUT2D eigenvalue weighted by molar-refractivity contribution is 0.0434. The Hall–Kier alpha value is -3.52. The summed E-state index contributed by atoms with van der Waals surface area (Å²) in [6.07, 6.45) is 15.3. The normalized spacial score (nSPS) is 18.5. The summed E-state index contributed by atoms with van der Waals surface area (Å²) in [4.78, 5) is 17.2. The average Bonchev–Trinajstić information content (AvgIpc) is 2.93. The fraction of sp³-hybridized carbons (Fsp3) is 0.375. The van der Waals surface area contributed by atoms with Crippen LogP contribution in [0.15, 0.2) is 97.3 Å². The Balaban J connectivity index is 1.68. The van der Waals surface area contributed by atoms with Crippen LogP contribution in [0.4, 0.5) is 4.79 Å². The van der Waals surface area contributed by atoms with E-state index in [2.05, 4.69) is 43.0 Å². The molecule has 1 aromatic heterocycles. The summed E-state index contributed by atoms with van der Waals surface area (Å²) in [6.45, 7) is 8.70. The van der Waals surface area contributed by atoms with Gasteiger partial charge < -0.3 is 15.6 Å². The van der Waals surface area contributed by atoms with Crippen molar-refractivity contribution < 1.29 is 14.6 Å². The summed E-state index contributed by atoms with van der Waals surface area (Å²) in [5, 5.41) is 12.7. The van der Waals surface area contributed by atoms with E-state index < -0.39 is 18.2 Å². The molecule has 0 spiro atoms. The molecule has 0 saturated carbocycles. The fourth-order valence-electron chi connectivity index (χ4n) is 4.50. The Kier molecular flexibility index (Phi) is 11.7. The SMILES string of the molecule is C=C/C=C(\CCC)CC(N)C(O)CN(Cc1ccc(-c2ccccn2)cc1)NC(=O)OCC1(C)C=CC=CC1. The van der Waals surface area contributed by atoms with Crippen molar-refractivity contribution in [2.75, 3.05) is 13.2 Å². The van der Waals surface area contributed by atoms with Crippen LogP contribution in [0.5, 0.6) is 0 Å². The molecule has 3 unspecified atom stereocenters. The van der Waals surface area contributed by atoms with E-state index in [0.29, 0.717) is 13.0 Å². The molecule has 39 heavy (non-hydrogen) atoms. The number of carbonyl (C=O) groups excluding carboxylic acids is 1. The maximum atomic E-state index is 12.8. The number of nitrogens with zero attached hydrogens (tertiary/aromatic N) is 2. The molecular formula is C32H42N4O3. The molecule has 1 aliphatic carbocycles. The number of aromatic nitrogens is 1. The van der Waals surface area contributed by atoms with Crippen LogP contribution in [0.25, 0.3) is 11.3 Å². The van der Waals surface area contributed by atoms with Gasteiger partial charge in [-0.2, -0.15) is 0 Å². The second-order valence-corrected chi connectivity index (χ2v) is 10.4. The third-order valence-electron chi connectivity index (χ3n) is 6.72. The summed E-state index contributed by atoms with van der Waals surface area (Å²) in [5.41, 5.74) is 13.0.